The molecule has 0 N–H and O–H groups in total. The first-order chi connectivity index (χ1) is 6.95. The number of fused-ring (bicyclic) bond motifs is 1. The zero-order valence-electron chi connectivity index (χ0n) is 7.23. The van der Waals surface area contributed by atoms with E-state index >= 15 is 0 Å². The van der Waals surface area contributed by atoms with E-state index in [1.807, 2.05) is 29.6 Å². The van der Waals surface area contributed by atoms with E-state index in [1.54, 1.807) is 6.26 Å². The lowest BCUT2D eigenvalue weighted by atomic mass is 10.1. The molecular weight excluding hydrogens is 194 g/mol. The summed E-state index contributed by atoms with van der Waals surface area (Å²) in [5.74, 6) is 0.832. The smallest absolute Gasteiger partial charge is 0.160 e. The van der Waals surface area contributed by atoms with Gasteiger partial charge in [-0.2, -0.15) is 0 Å². The Morgan fingerprint density at radius 2 is 2.21 bits per heavy atom. The molecule has 2 heterocycles. The van der Waals surface area contributed by atoms with Crippen molar-refractivity contribution in [1.29, 1.82) is 0 Å². The van der Waals surface area contributed by atoms with Gasteiger partial charge in [-0.25, -0.2) is 4.98 Å². The van der Waals surface area contributed by atoms with Crippen molar-refractivity contribution >= 4 is 22.1 Å². The highest BCUT2D eigenvalue weighted by molar-refractivity contribution is 7.07. The first-order valence-electron chi connectivity index (χ1n) is 4.23. The fourth-order valence-electron chi connectivity index (χ4n) is 1.48. The largest absolute Gasteiger partial charge is 0.461 e. The summed E-state index contributed by atoms with van der Waals surface area (Å²) in [5, 5.41) is 4.15. The van der Waals surface area contributed by atoms with Crippen LogP contribution in [0, 0.1) is 5.51 Å². The first-order valence-corrected chi connectivity index (χ1v) is 5.11. The summed E-state index contributed by atoms with van der Waals surface area (Å²) in [6, 6.07) is 8.05. The molecular formula is C11H6NOS. The van der Waals surface area contributed by atoms with E-state index in [0.717, 1.165) is 22.2 Å². The van der Waals surface area contributed by atoms with E-state index in [0.29, 0.717) is 0 Å². The van der Waals surface area contributed by atoms with Gasteiger partial charge >= 0.3 is 0 Å². The van der Waals surface area contributed by atoms with Crippen LogP contribution in [0.3, 0.4) is 0 Å². The summed E-state index contributed by atoms with van der Waals surface area (Å²) in [6.45, 7) is 0. The van der Waals surface area contributed by atoms with Crippen molar-refractivity contribution in [2.24, 2.45) is 0 Å². The number of nitrogens with zero attached hydrogens (tertiary/aromatic N) is 1. The van der Waals surface area contributed by atoms with Crippen molar-refractivity contribution in [3.63, 3.8) is 0 Å². The minimum atomic E-state index is 0.832. The van der Waals surface area contributed by atoms with Crippen LogP contribution in [0.5, 0.6) is 0 Å². The molecule has 0 aliphatic rings. The Hall–Kier alpha value is -1.61. The van der Waals surface area contributed by atoms with Crippen molar-refractivity contribution in [3.05, 3.63) is 41.4 Å². The molecule has 2 aromatic heterocycles. The van der Waals surface area contributed by atoms with Crippen molar-refractivity contribution in [3.8, 4) is 11.5 Å². The fraction of sp³-hybridized carbons (Fsp3) is 0. The van der Waals surface area contributed by atoms with Gasteiger partial charge < -0.3 is 4.42 Å². The van der Waals surface area contributed by atoms with Gasteiger partial charge in [0.2, 0.25) is 0 Å². The van der Waals surface area contributed by atoms with Crippen molar-refractivity contribution in [2.75, 3.05) is 0 Å². The highest BCUT2D eigenvalue weighted by Gasteiger charge is 2.08. The summed E-state index contributed by atoms with van der Waals surface area (Å²) in [4.78, 5) is 4.11. The average molecular weight is 200 g/mol. The molecule has 2 nitrogen and oxygen atoms in total. The molecule has 1 aromatic carbocycles. The van der Waals surface area contributed by atoms with E-state index in [1.165, 1.54) is 11.3 Å². The summed E-state index contributed by atoms with van der Waals surface area (Å²) < 4.78 is 5.48. The Bertz CT molecular complexity index is 553. The number of benzene rings is 1. The SMILES string of the molecule is [c]1nc(-c2occ3ccccc23)cs1. The predicted molar refractivity (Wildman–Crippen MR) is 56.2 cm³/mol. The number of rotatable bonds is 1. The molecule has 0 saturated heterocycles. The second-order valence-electron chi connectivity index (χ2n) is 2.98. The molecule has 14 heavy (non-hydrogen) atoms. The predicted octanol–water partition coefficient (Wildman–Crippen LogP) is 3.36. The van der Waals surface area contributed by atoms with Gasteiger partial charge in [0.15, 0.2) is 11.3 Å². The number of hydrogen-bond donors (Lipinski definition) is 0. The quantitative estimate of drug-likeness (QED) is 0.602. The molecule has 3 heteroatoms. The standard InChI is InChI=1S/C11H6NOS/c1-2-4-9-8(3-1)5-13-11(9)10-6-14-7-12-10/h1-6H. The zero-order chi connectivity index (χ0) is 9.38. The maximum absolute atomic E-state index is 5.48. The van der Waals surface area contributed by atoms with Crippen LogP contribution in [0.2, 0.25) is 0 Å². The molecule has 0 aliphatic carbocycles. The van der Waals surface area contributed by atoms with E-state index in [2.05, 4.69) is 10.5 Å². The van der Waals surface area contributed by atoms with Crippen LogP contribution in [0.1, 0.15) is 0 Å². The number of hydrogen-bond acceptors (Lipinski definition) is 3. The molecule has 0 aliphatic heterocycles. The second-order valence-corrected chi connectivity index (χ2v) is 3.63. The van der Waals surface area contributed by atoms with Gasteiger partial charge in [0, 0.05) is 16.2 Å². The molecule has 67 valence electrons. The van der Waals surface area contributed by atoms with Gasteiger partial charge in [-0.3, -0.25) is 0 Å². The summed E-state index contributed by atoms with van der Waals surface area (Å²) in [5.41, 5.74) is 3.67. The minimum absolute atomic E-state index is 0.832. The maximum Gasteiger partial charge on any atom is 0.160 e. The number of furan rings is 1. The molecule has 3 rings (SSSR count). The van der Waals surface area contributed by atoms with Crippen LogP contribution < -0.4 is 0 Å². The Morgan fingerprint density at radius 1 is 1.29 bits per heavy atom. The van der Waals surface area contributed by atoms with Crippen molar-refractivity contribution in [1.82, 2.24) is 4.98 Å². The van der Waals surface area contributed by atoms with Crippen LogP contribution in [0.25, 0.3) is 22.2 Å². The Kier molecular flexibility index (Phi) is 1.64. The van der Waals surface area contributed by atoms with Crippen LogP contribution in [0.15, 0.2) is 40.3 Å². The molecule has 0 atom stereocenters. The lowest BCUT2D eigenvalue weighted by Gasteiger charge is -1.90. The Morgan fingerprint density at radius 3 is 3.07 bits per heavy atom. The molecule has 0 spiro atoms. The normalized spacial score (nSPS) is 10.9. The highest BCUT2D eigenvalue weighted by Crippen LogP contribution is 2.29. The number of thiazole rings is 1. The zero-order valence-corrected chi connectivity index (χ0v) is 8.04. The third kappa shape index (κ3) is 1.06. The first kappa shape index (κ1) is 7.76. The van der Waals surface area contributed by atoms with Crippen LogP contribution in [-0.2, 0) is 0 Å². The van der Waals surface area contributed by atoms with Crippen LogP contribution >= 0.6 is 11.3 Å². The van der Waals surface area contributed by atoms with Crippen LogP contribution in [0.4, 0.5) is 0 Å². The molecule has 1 radical (unpaired) electrons. The maximum atomic E-state index is 5.48. The highest BCUT2D eigenvalue weighted by atomic mass is 32.1. The lowest BCUT2D eigenvalue weighted by molar-refractivity contribution is 0.585. The van der Waals surface area contributed by atoms with Gasteiger partial charge in [0.05, 0.1) is 6.26 Å². The Labute approximate surface area is 84.8 Å². The summed E-state index contributed by atoms with van der Waals surface area (Å²) >= 11 is 1.45. The average Bonchev–Trinajstić information content (AvgIpc) is 2.85. The molecule has 0 fully saturated rings. The molecule has 3 aromatic rings. The topological polar surface area (TPSA) is 26.0 Å². The second kappa shape index (κ2) is 2.96. The third-order valence-electron chi connectivity index (χ3n) is 2.13. The van der Waals surface area contributed by atoms with E-state index in [-0.39, 0.29) is 0 Å². The molecule has 0 bridgehead atoms. The van der Waals surface area contributed by atoms with E-state index in [4.69, 9.17) is 4.42 Å². The van der Waals surface area contributed by atoms with Crippen LogP contribution in [-0.4, -0.2) is 4.98 Å². The van der Waals surface area contributed by atoms with E-state index < -0.39 is 0 Å². The summed E-state index contributed by atoms with van der Waals surface area (Å²) in [7, 11) is 0. The summed E-state index contributed by atoms with van der Waals surface area (Å²) in [6.07, 6.45) is 1.75. The molecule has 0 unspecified atom stereocenters. The minimum Gasteiger partial charge on any atom is -0.461 e. The van der Waals surface area contributed by atoms with Gasteiger partial charge in [0.25, 0.3) is 0 Å². The van der Waals surface area contributed by atoms with E-state index in [9.17, 15) is 0 Å². The number of aromatic nitrogens is 1. The van der Waals surface area contributed by atoms with Gasteiger partial charge in [0.1, 0.15) is 5.69 Å². The van der Waals surface area contributed by atoms with Crippen molar-refractivity contribution in [2.45, 2.75) is 0 Å². The van der Waals surface area contributed by atoms with Crippen molar-refractivity contribution < 1.29 is 4.42 Å². The Balaban J connectivity index is 2.33. The van der Waals surface area contributed by atoms with Gasteiger partial charge in [-0.05, 0) is 0 Å². The lowest BCUT2D eigenvalue weighted by Crippen LogP contribution is -1.72. The fourth-order valence-corrected chi connectivity index (χ4v) is 1.95. The third-order valence-corrected chi connectivity index (χ3v) is 2.67. The van der Waals surface area contributed by atoms with Gasteiger partial charge in [-0.15, -0.1) is 11.3 Å². The van der Waals surface area contributed by atoms with Gasteiger partial charge in [-0.1, -0.05) is 24.3 Å². The molecule has 0 saturated carbocycles. The monoisotopic (exact) mass is 200 g/mol. The molecule has 0 amide bonds.